The Balaban J connectivity index is 1.80. The van der Waals surface area contributed by atoms with Gasteiger partial charge in [-0.05, 0) is 54.4 Å². The summed E-state index contributed by atoms with van der Waals surface area (Å²) in [4.78, 5) is 14.7. The molecule has 2 aromatic carbocycles. The van der Waals surface area contributed by atoms with Crippen molar-refractivity contribution in [1.29, 1.82) is 10.5 Å². The summed E-state index contributed by atoms with van der Waals surface area (Å²) in [5.41, 5.74) is 3.73. The summed E-state index contributed by atoms with van der Waals surface area (Å²) in [5.74, 6) is -0.249. The normalized spacial score (nSPS) is 16.2. The molecule has 2 aromatic rings. The van der Waals surface area contributed by atoms with Crippen molar-refractivity contribution in [2.24, 2.45) is 0 Å². The van der Waals surface area contributed by atoms with Gasteiger partial charge in [-0.1, -0.05) is 36.4 Å². The van der Waals surface area contributed by atoms with Gasteiger partial charge in [0.25, 0.3) is 5.91 Å². The van der Waals surface area contributed by atoms with E-state index in [4.69, 9.17) is 10.00 Å². The third-order valence-electron chi connectivity index (χ3n) is 5.58. The van der Waals surface area contributed by atoms with E-state index in [1.165, 1.54) is 7.11 Å². The van der Waals surface area contributed by atoms with E-state index in [1.807, 2.05) is 55.3 Å². The topological polar surface area (TPSA) is 89.2 Å². The van der Waals surface area contributed by atoms with E-state index in [0.29, 0.717) is 25.1 Å². The van der Waals surface area contributed by atoms with Gasteiger partial charge in [0.15, 0.2) is 5.60 Å². The molecule has 0 aromatic heterocycles. The molecule has 1 aliphatic rings. The molecular formula is C25H26N4O2. The number of carbonyl (C=O) groups excluding carboxylic acids is 1. The monoisotopic (exact) mass is 414 g/mol. The van der Waals surface area contributed by atoms with Crippen molar-refractivity contribution in [3.63, 3.8) is 0 Å². The molecule has 0 bridgehead atoms. The van der Waals surface area contributed by atoms with Crippen LogP contribution in [0.3, 0.4) is 0 Å². The minimum absolute atomic E-state index is 0.249. The number of nitrogens with one attached hydrogen (secondary N) is 1. The maximum Gasteiger partial charge on any atom is 0.255 e. The van der Waals surface area contributed by atoms with Gasteiger partial charge in [0, 0.05) is 26.6 Å². The predicted octanol–water partition coefficient (Wildman–Crippen LogP) is 3.14. The molecule has 1 amide bonds. The standard InChI is InChI=1S/C25H26N4O2/c1-4-5-20-12-21(19-8-6-18(14-26)7-9-19)10-11-22(20)13-23(15-27)28-24(30)25(31-3)16-29(2)17-25/h4-12,23H,13,16-17H2,1-3H3,(H,28,30)/b5-4+/t23-/m0/s1. The summed E-state index contributed by atoms with van der Waals surface area (Å²) in [6.07, 6.45) is 4.34. The number of nitriles is 2. The maximum atomic E-state index is 12.7. The SMILES string of the molecule is C/C=C/c1cc(-c2ccc(C#N)cc2)ccc1C[C@@H](C#N)NC(=O)C1(OC)CN(C)C1. The largest absolute Gasteiger partial charge is 0.366 e. The predicted molar refractivity (Wildman–Crippen MR) is 120 cm³/mol. The zero-order chi connectivity index (χ0) is 22.4. The first kappa shape index (κ1) is 22.2. The third-order valence-corrected chi connectivity index (χ3v) is 5.58. The van der Waals surface area contributed by atoms with Crippen molar-refractivity contribution < 1.29 is 9.53 Å². The number of nitrogens with zero attached hydrogens (tertiary/aromatic N) is 3. The second-order valence-electron chi connectivity index (χ2n) is 7.83. The van der Waals surface area contributed by atoms with E-state index >= 15 is 0 Å². The van der Waals surface area contributed by atoms with Crippen LogP contribution in [-0.2, 0) is 16.0 Å². The molecule has 158 valence electrons. The second-order valence-corrected chi connectivity index (χ2v) is 7.83. The number of likely N-dealkylation sites (N-methyl/N-ethyl adjacent to an activating group) is 1. The third kappa shape index (κ3) is 4.83. The number of benzene rings is 2. The lowest BCUT2D eigenvalue weighted by Crippen LogP contribution is -2.69. The van der Waals surface area contributed by atoms with Gasteiger partial charge >= 0.3 is 0 Å². The zero-order valence-corrected chi connectivity index (χ0v) is 18.1. The quantitative estimate of drug-likeness (QED) is 0.752. The molecule has 1 saturated heterocycles. The van der Waals surface area contributed by atoms with Crippen molar-refractivity contribution in [2.45, 2.75) is 25.0 Å². The molecular weight excluding hydrogens is 388 g/mol. The zero-order valence-electron chi connectivity index (χ0n) is 18.1. The number of amides is 1. The Morgan fingerprint density at radius 2 is 1.90 bits per heavy atom. The highest BCUT2D eigenvalue weighted by Gasteiger charge is 2.48. The molecule has 0 unspecified atom stereocenters. The van der Waals surface area contributed by atoms with E-state index in [9.17, 15) is 10.1 Å². The summed E-state index contributed by atoms with van der Waals surface area (Å²) < 4.78 is 5.45. The number of methoxy groups -OCH3 is 1. The molecule has 1 N–H and O–H groups in total. The van der Waals surface area contributed by atoms with Gasteiger partial charge in [-0.2, -0.15) is 10.5 Å². The highest BCUT2D eigenvalue weighted by atomic mass is 16.5. The van der Waals surface area contributed by atoms with Crippen LogP contribution in [0.2, 0.25) is 0 Å². The summed E-state index contributed by atoms with van der Waals surface area (Å²) >= 11 is 0. The lowest BCUT2D eigenvalue weighted by atomic mass is 9.92. The number of hydrogen-bond acceptors (Lipinski definition) is 5. The molecule has 6 heteroatoms. The van der Waals surface area contributed by atoms with Crippen LogP contribution in [0.25, 0.3) is 17.2 Å². The van der Waals surface area contributed by atoms with Crippen LogP contribution in [-0.4, -0.2) is 49.7 Å². The summed E-state index contributed by atoms with van der Waals surface area (Å²) in [6.45, 7) is 2.96. The van der Waals surface area contributed by atoms with Gasteiger partial charge in [-0.3, -0.25) is 9.69 Å². The molecule has 0 radical (unpaired) electrons. The van der Waals surface area contributed by atoms with Crippen molar-refractivity contribution in [3.8, 4) is 23.3 Å². The van der Waals surface area contributed by atoms with E-state index in [0.717, 1.165) is 22.3 Å². The van der Waals surface area contributed by atoms with Crippen LogP contribution < -0.4 is 5.32 Å². The first-order valence-electron chi connectivity index (χ1n) is 10.1. The fourth-order valence-electron chi connectivity index (χ4n) is 3.86. The number of rotatable bonds is 7. The van der Waals surface area contributed by atoms with Gasteiger partial charge < -0.3 is 10.1 Å². The first-order valence-corrected chi connectivity index (χ1v) is 10.1. The molecule has 0 aliphatic carbocycles. The molecule has 0 saturated carbocycles. The van der Waals surface area contributed by atoms with Crippen LogP contribution in [0.15, 0.2) is 48.5 Å². The van der Waals surface area contributed by atoms with Crippen LogP contribution in [0.5, 0.6) is 0 Å². The minimum atomic E-state index is -0.880. The molecule has 1 fully saturated rings. The van der Waals surface area contributed by atoms with E-state index in [1.54, 1.807) is 12.1 Å². The molecule has 0 spiro atoms. The Hall–Kier alpha value is -3.45. The van der Waals surface area contributed by atoms with Crippen LogP contribution in [0.1, 0.15) is 23.6 Å². The Bertz CT molecular complexity index is 1050. The van der Waals surface area contributed by atoms with Gasteiger partial charge in [0.1, 0.15) is 6.04 Å². The number of likely N-dealkylation sites (tertiary alicyclic amines) is 1. The van der Waals surface area contributed by atoms with E-state index < -0.39 is 11.6 Å². The summed E-state index contributed by atoms with van der Waals surface area (Å²) in [7, 11) is 3.45. The van der Waals surface area contributed by atoms with Crippen molar-refractivity contribution in [1.82, 2.24) is 10.2 Å². The molecule has 6 nitrogen and oxygen atoms in total. The number of carbonyl (C=O) groups is 1. The number of ether oxygens (including phenoxy) is 1. The van der Waals surface area contributed by atoms with Crippen LogP contribution in [0.4, 0.5) is 0 Å². The van der Waals surface area contributed by atoms with Gasteiger partial charge in [-0.25, -0.2) is 0 Å². The Labute approximate surface area is 183 Å². The second kappa shape index (κ2) is 9.57. The van der Waals surface area contributed by atoms with E-state index in [-0.39, 0.29) is 5.91 Å². The average Bonchev–Trinajstić information content (AvgIpc) is 2.77. The van der Waals surface area contributed by atoms with Crippen LogP contribution >= 0.6 is 0 Å². The minimum Gasteiger partial charge on any atom is -0.366 e. The number of hydrogen-bond donors (Lipinski definition) is 1. The number of allylic oxidation sites excluding steroid dienone is 1. The van der Waals surface area contributed by atoms with Gasteiger partial charge in [0.2, 0.25) is 0 Å². The molecule has 1 aliphatic heterocycles. The Kier molecular flexibility index (Phi) is 6.87. The van der Waals surface area contributed by atoms with Crippen molar-refractivity contribution in [3.05, 3.63) is 65.2 Å². The Morgan fingerprint density at radius 3 is 2.45 bits per heavy atom. The lowest BCUT2D eigenvalue weighted by Gasteiger charge is -2.45. The Morgan fingerprint density at radius 1 is 1.23 bits per heavy atom. The first-order chi connectivity index (χ1) is 14.9. The van der Waals surface area contributed by atoms with Crippen molar-refractivity contribution in [2.75, 3.05) is 27.2 Å². The highest BCUT2D eigenvalue weighted by Crippen LogP contribution is 2.26. The van der Waals surface area contributed by atoms with Crippen molar-refractivity contribution >= 4 is 12.0 Å². The van der Waals surface area contributed by atoms with E-state index in [2.05, 4.69) is 23.5 Å². The average molecular weight is 415 g/mol. The molecule has 1 heterocycles. The van der Waals surface area contributed by atoms with Crippen LogP contribution in [0, 0.1) is 22.7 Å². The highest BCUT2D eigenvalue weighted by molar-refractivity contribution is 5.87. The summed E-state index contributed by atoms with van der Waals surface area (Å²) in [5, 5.41) is 21.5. The molecule has 1 atom stereocenters. The molecule has 3 rings (SSSR count). The van der Waals surface area contributed by atoms with Gasteiger partial charge in [-0.15, -0.1) is 0 Å². The fourth-order valence-corrected chi connectivity index (χ4v) is 3.86. The maximum absolute atomic E-state index is 12.7. The molecule has 31 heavy (non-hydrogen) atoms. The summed E-state index contributed by atoms with van der Waals surface area (Å²) in [6, 6.07) is 17.2. The lowest BCUT2D eigenvalue weighted by molar-refractivity contribution is -0.164. The smallest absolute Gasteiger partial charge is 0.255 e. The fraction of sp³-hybridized carbons (Fsp3) is 0.320. The van der Waals surface area contributed by atoms with Gasteiger partial charge in [0.05, 0.1) is 17.7 Å².